The van der Waals surface area contributed by atoms with Gasteiger partial charge in [0, 0.05) is 18.2 Å². The molecule has 32 heavy (non-hydrogen) atoms. The van der Waals surface area contributed by atoms with Crippen molar-refractivity contribution in [1.29, 1.82) is 0 Å². The molecule has 0 aliphatic heterocycles. The van der Waals surface area contributed by atoms with Gasteiger partial charge in [-0.2, -0.15) is 4.98 Å². The maximum Gasteiger partial charge on any atom is 0.254 e. The number of hydrogen-bond donors (Lipinski definition) is 0. The van der Waals surface area contributed by atoms with Crippen LogP contribution in [0.2, 0.25) is 0 Å². The van der Waals surface area contributed by atoms with Crippen molar-refractivity contribution < 1.29 is 18.8 Å². The first-order chi connectivity index (χ1) is 15.6. The number of ether oxygens (including phenoxy) is 2. The molecule has 1 amide bonds. The number of amides is 1. The highest BCUT2D eigenvalue weighted by molar-refractivity contribution is 5.94. The van der Waals surface area contributed by atoms with Gasteiger partial charge in [0.2, 0.25) is 11.7 Å². The lowest BCUT2D eigenvalue weighted by molar-refractivity contribution is 0.0769. The minimum absolute atomic E-state index is 0.129. The average molecular weight is 429 g/mol. The van der Waals surface area contributed by atoms with Gasteiger partial charge in [-0.25, -0.2) is 0 Å². The molecule has 0 bridgehead atoms. The molecule has 3 aromatic carbocycles. The Morgan fingerprint density at radius 3 is 2.22 bits per heavy atom. The Morgan fingerprint density at radius 2 is 1.53 bits per heavy atom. The van der Waals surface area contributed by atoms with Gasteiger partial charge in [-0.05, 0) is 41.5 Å². The molecule has 0 aliphatic carbocycles. The summed E-state index contributed by atoms with van der Waals surface area (Å²) in [5, 5.41) is 4.03. The first-order valence-corrected chi connectivity index (χ1v) is 10.0. The van der Waals surface area contributed by atoms with Gasteiger partial charge in [-0.1, -0.05) is 47.6 Å². The molecule has 7 heteroatoms. The van der Waals surface area contributed by atoms with Crippen molar-refractivity contribution in [2.75, 3.05) is 21.3 Å². The van der Waals surface area contributed by atoms with E-state index in [1.165, 1.54) is 0 Å². The highest BCUT2D eigenvalue weighted by Gasteiger charge is 2.17. The van der Waals surface area contributed by atoms with Gasteiger partial charge >= 0.3 is 0 Å². The summed E-state index contributed by atoms with van der Waals surface area (Å²) in [5.74, 6) is 1.81. The lowest BCUT2D eigenvalue weighted by Gasteiger charge is -2.15. The predicted molar refractivity (Wildman–Crippen MR) is 121 cm³/mol. The normalized spacial score (nSPS) is 10.6. The second kappa shape index (κ2) is 9.34. The number of methoxy groups -OCH3 is 2. The third-order valence-corrected chi connectivity index (χ3v) is 5.07. The maximum absolute atomic E-state index is 12.8. The van der Waals surface area contributed by atoms with Crippen LogP contribution in [0.1, 0.15) is 16.2 Å². The smallest absolute Gasteiger partial charge is 0.254 e. The molecule has 0 radical (unpaired) electrons. The summed E-state index contributed by atoms with van der Waals surface area (Å²) in [6.07, 6.45) is 0. The molecule has 0 spiro atoms. The first kappa shape index (κ1) is 21.1. The molecule has 0 N–H and O–H groups in total. The quantitative estimate of drug-likeness (QED) is 0.424. The molecule has 0 saturated heterocycles. The van der Waals surface area contributed by atoms with Crippen molar-refractivity contribution >= 4 is 5.91 Å². The van der Waals surface area contributed by atoms with Crippen LogP contribution in [0.4, 0.5) is 0 Å². The lowest BCUT2D eigenvalue weighted by Crippen LogP contribution is -2.26. The Hall–Kier alpha value is -4.13. The second-order valence-electron chi connectivity index (χ2n) is 7.19. The van der Waals surface area contributed by atoms with Gasteiger partial charge in [0.25, 0.3) is 5.91 Å². The standard InChI is InChI=1S/C25H23N3O4/c1-28(25(29)19-11-9-18(10-12-19)17-7-5-4-6-8-17)16-23-26-24(27-32-23)20-13-14-21(30-2)22(15-20)31-3/h4-15H,16H2,1-3H3. The van der Waals surface area contributed by atoms with E-state index >= 15 is 0 Å². The largest absolute Gasteiger partial charge is 0.493 e. The molecule has 0 aliphatic rings. The van der Waals surface area contributed by atoms with E-state index < -0.39 is 0 Å². The van der Waals surface area contributed by atoms with E-state index in [-0.39, 0.29) is 12.5 Å². The van der Waals surface area contributed by atoms with Crippen molar-refractivity contribution in [3.05, 3.63) is 84.3 Å². The SMILES string of the molecule is COc1ccc(-c2noc(CN(C)C(=O)c3ccc(-c4ccccc4)cc3)n2)cc1OC. The summed E-state index contributed by atoms with van der Waals surface area (Å²) >= 11 is 0. The Kier molecular flexibility index (Phi) is 6.17. The Balaban J connectivity index is 1.45. The highest BCUT2D eigenvalue weighted by atomic mass is 16.5. The zero-order valence-electron chi connectivity index (χ0n) is 18.1. The van der Waals surface area contributed by atoms with E-state index in [2.05, 4.69) is 10.1 Å². The van der Waals surface area contributed by atoms with Gasteiger partial charge in [0.1, 0.15) is 0 Å². The molecule has 4 aromatic rings. The summed E-state index contributed by atoms with van der Waals surface area (Å²) in [6.45, 7) is 0.194. The van der Waals surface area contributed by atoms with Crippen LogP contribution >= 0.6 is 0 Å². The molecular formula is C25H23N3O4. The molecule has 162 valence electrons. The Labute approximate surface area is 186 Å². The fourth-order valence-corrected chi connectivity index (χ4v) is 3.34. The molecule has 7 nitrogen and oxygen atoms in total. The van der Waals surface area contributed by atoms with Crippen LogP contribution < -0.4 is 9.47 Å². The third-order valence-electron chi connectivity index (χ3n) is 5.07. The summed E-state index contributed by atoms with van der Waals surface area (Å²) in [7, 11) is 4.84. The maximum atomic E-state index is 12.8. The predicted octanol–water partition coefficient (Wildman–Crippen LogP) is 4.69. The molecule has 4 rings (SSSR count). The number of hydrogen-bond acceptors (Lipinski definition) is 6. The van der Waals surface area contributed by atoms with Crippen molar-refractivity contribution in [3.63, 3.8) is 0 Å². The molecular weight excluding hydrogens is 406 g/mol. The number of rotatable bonds is 7. The van der Waals surface area contributed by atoms with Crippen LogP contribution in [0.25, 0.3) is 22.5 Å². The van der Waals surface area contributed by atoms with Crippen LogP contribution in [0.5, 0.6) is 11.5 Å². The van der Waals surface area contributed by atoms with Crippen LogP contribution in [0, 0.1) is 0 Å². The second-order valence-corrected chi connectivity index (χ2v) is 7.19. The molecule has 0 saturated carbocycles. The minimum Gasteiger partial charge on any atom is -0.493 e. The third kappa shape index (κ3) is 4.46. The molecule has 0 unspecified atom stereocenters. The zero-order chi connectivity index (χ0) is 22.5. The lowest BCUT2D eigenvalue weighted by atomic mass is 10.0. The van der Waals surface area contributed by atoms with E-state index in [9.17, 15) is 4.79 Å². The van der Waals surface area contributed by atoms with Crippen molar-refractivity contribution in [2.24, 2.45) is 0 Å². The summed E-state index contributed by atoms with van der Waals surface area (Å²) in [5.41, 5.74) is 3.48. The summed E-state index contributed by atoms with van der Waals surface area (Å²) < 4.78 is 15.9. The van der Waals surface area contributed by atoms with E-state index in [0.29, 0.717) is 28.8 Å². The van der Waals surface area contributed by atoms with Crippen LogP contribution in [-0.2, 0) is 6.54 Å². The number of carbonyl (C=O) groups excluding carboxylic acids is 1. The van der Waals surface area contributed by atoms with Crippen LogP contribution in [0.3, 0.4) is 0 Å². The van der Waals surface area contributed by atoms with Crippen molar-refractivity contribution in [3.8, 4) is 34.0 Å². The Morgan fingerprint density at radius 1 is 0.875 bits per heavy atom. The van der Waals surface area contributed by atoms with Crippen molar-refractivity contribution in [2.45, 2.75) is 6.54 Å². The minimum atomic E-state index is -0.129. The van der Waals surface area contributed by atoms with E-state index in [1.807, 2.05) is 60.7 Å². The van der Waals surface area contributed by atoms with Crippen LogP contribution in [-0.4, -0.2) is 42.2 Å². The summed E-state index contributed by atoms with van der Waals surface area (Å²) in [4.78, 5) is 18.8. The average Bonchev–Trinajstić information content (AvgIpc) is 3.32. The van der Waals surface area contributed by atoms with Gasteiger partial charge in [0.15, 0.2) is 11.5 Å². The number of carbonyl (C=O) groups is 1. The van der Waals surface area contributed by atoms with Gasteiger partial charge in [0.05, 0.1) is 20.8 Å². The fourth-order valence-electron chi connectivity index (χ4n) is 3.34. The number of nitrogens with zero attached hydrogens (tertiary/aromatic N) is 3. The van der Waals surface area contributed by atoms with E-state index in [0.717, 1.165) is 16.7 Å². The first-order valence-electron chi connectivity index (χ1n) is 10.0. The van der Waals surface area contributed by atoms with Gasteiger partial charge in [-0.15, -0.1) is 0 Å². The Bertz CT molecular complexity index is 1200. The monoisotopic (exact) mass is 429 g/mol. The van der Waals surface area contributed by atoms with Gasteiger partial charge in [-0.3, -0.25) is 4.79 Å². The van der Waals surface area contributed by atoms with E-state index in [4.69, 9.17) is 14.0 Å². The molecule has 0 fully saturated rings. The van der Waals surface area contributed by atoms with Gasteiger partial charge < -0.3 is 18.9 Å². The number of benzene rings is 3. The highest BCUT2D eigenvalue weighted by Crippen LogP contribution is 2.31. The topological polar surface area (TPSA) is 77.7 Å². The van der Waals surface area contributed by atoms with Crippen molar-refractivity contribution in [1.82, 2.24) is 15.0 Å². The molecule has 1 heterocycles. The number of aromatic nitrogens is 2. The molecule has 1 aromatic heterocycles. The van der Waals surface area contributed by atoms with Crippen LogP contribution in [0.15, 0.2) is 77.3 Å². The summed E-state index contributed by atoms with van der Waals surface area (Å²) in [6, 6.07) is 22.9. The van der Waals surface area contributed by atoms with E-state index in [1.54, 1.807) is 38.3 Å². The molecule has 0 atom stereocenters. The zero-order valence-corrected chi connectivity index (χ0v) is 18.1. The fraction of sp³-hybridized carbons (Fsp3) is 0.160.